The predicted octanol–water partition coefficient (Wildman–Crippen LogP) is 3.57. The van der Waals surface area contributed by atoms with E-state index in [0.717, 1.165) is 29.7 Å². The Morgan fingerprint density at radius 1 is 1.25 bits per heavy atom. The molecular weight excluding hydrogens is 284 g/mol. The lowest BCUT2D eigenvalue weighted by atomic mass is 10.1. The summed E-state index contributed by atoms with van der Waals surface area (Å²) >= 11 is 5.72. The first-order chi connectivity index (χ1) is 9.47. The molecule has 0 aliphatic carbocycles. The summed E-state index contributed by atoms with van der Waals surface area (Å²) in [7, 11) is 2.20. The Morgan fingerprint density at radius 3 is 2.60 bits per heavy atom. The average Bonchev–Trinajstić information content (AvgIpc) is 2.36. The van der Waals surface area contributed by atoms with Crippen LogP contribution in [0.4, 0.5) is 8.78 Å². The molecule has 1 fully saturated rings. The molecule has 0 bridgehead atoms. The lowest BCUT2D eigenvalue weighted by molar-refractivity contribution is -0.958. The van der Waals surface area contributed by atoms with E-state index in [-0.39, 0.29) is 5.15 Å². The predicted molar refractivity (Wildman–Crippen MR) is 73.7 cm³/mol. The van der Waals surface area contributed by atoms with Crippen LogP contribution in [0.25, 0.3) is 11.0 Å². The molecule has 1 saturated heterocycles. The van der Waals surface area contributed by atoms with E-state index in [1.165, 1.54) is 6.42 Å². The van der Waals surface area contributed by atoms with Crippen LogP contribution in [0.1, 0.15) is 24.1 Å². The highest BCUT2D eigenvalue weighted by Crippen LogP contribution is 2.27. The van der Waals surface area contributed by atoms with E-state index < -0.39 is 12.1 Å². The van der Waals surface area contributed by atoms with E-state index in [1.54, 1.807) is 6.07 Å². The van der Waals surface area contributed by atoms with Gasteiger partial charge in [-0.1, -0.05) is 17.7 Å². The molecule has 2 aromatic rings. The monoisotopic (exact) mass is 298 g/mol. The SMILES string of the molecule is C[N+]1(Cc2ccc3nc(Cl)c(C(F)F)nc3c2)CCC1. The van der Waals surface area contributed by atoms with Gasteiger partial charge >= 0.3 is 0 Å². The van der Waals surface area contributed by atoms with Crippen LogP contribution in [0.3, 0.4) is 0 Å². The normalized spacial score (nSPS) is 17.4. The van der Waals surface area contributed by atoms with Gasteiger partial charge in [0.05, 0.1) is 31.2 Å². The summed E-state index contributed by atoms with van der Waals surface area (Å²) in [6, 6.07) is 5.61. The van der Waals surface area contributed by atoms with Crippen molar-refractivity contribution in [1.82, 2.24) is 9.97 Å². The number of quaternary nitrogens is 1. The number of aromatic nitrogens is 2. The molecule has 1 aliphatic rings. The molecule has 1 aliphatic heterocycles. The molecule has 0 unspecified atom stereocenters. The number of rotatable bonds is 3. The Morgan fingerprint density at radius 2 is 2.00 bits per heavy atom. The van der Waals surface area contributed by atoms with E-state index in [0.29, 0.717) is 11.0 Å². The molecule has 20 heavy (non-hydrogen) atoms. The zero-order valence-electron chi connectivity index (χ0n) is 11.1. The molecule has 6 heteroatoms. The second-order valence-corrected chi connectivity index (χ2v) is 5.96. The third-order valence-electron chi connectivity index (χ3n) is 3.88. The number of hydrogen-bond donors (Lipinski definition) is 0. The summed E-state index contributed by atoms with van der Waals surface area (Å²) < 4.78 is 26.6. The summed E-state index contributed by atoms with van der Waals surface area (Å²) in [5, 5.41) is -0.220. The highest BCUT2D eigenvalue weighted by molar-refractivity contribution is 6.30. The Bertz CT molecular complexity index is 656. The van der Waals surface area contributed by atoms with E-state index in [9.17, 15) is 8.78 Å². The van der Waals surface area contributed by atoms with Crippen molar-refractivity contribution >= 4 is 22.6 Å². The van der Waals surface area contributed by atoms with Crippen LogP contribution in [0.15, 0.2) is 18.2 Å². The maximum Gasteiger partial charge on any atom is 0.283 e. The summed E-state index contributed by atoms with van der Waals surface area (Å²) in [4.78, 5) is 7.94. The first-order valence-corrected chi connectivity index (χ1v) is 6.92. The molecule has 1 aromatic carbocycles. The largest absolute Gasteiger partial charge is 0.322 e. The summed E-state index contributed by atoms with van der Waals surface area (Å²) in [6.45, 7) is 3.21. The van der Waals surface area contributed by atoms with Gasteiger partial charge in [0.2, 0.25) is 0 Å². The highest BCUT2D eigenvalue weighted by atomic mass is 35.5. The minimum absolute atomic E-state index is 0.220. The molecule has 3 rings (SSSR count). The zero-order valence-corrected chi connectivity index (χ0v) is 11.9. The van der Waals surface area contributed by atoms with Crippen molar-refractivity contribution < 1.29 is 13.3 Å². The molecule has 0 saturated carbocycles. The van der Waals surface area contributed by atoms with Crippen molar-refractivity contribution in [3.05, 3.63) is 34.6 Å². The minimum Gasteiger partial charge on any atom is -0.322 e. The summed E-state index contributed by atoms with van der Waals surface area (Å²) in [6.07, 6.45) is -1.46. The standard InChI is InChI=1S/C14H15ClF2N3/c1-20(5-2-6-20)8-9-3-4-10-11(7-9)18-12(14(16)17)13(15)19-10/h3-4,7,14H,2,5-6,8H2,1H3/q+1. The fraction of sp³-hybridized carbons (Fsp3) is 0.429. The van der Waals surface area contributed by atoms with Crippen LogP contribution >= 0.6 is 11.6 Å². The Kier molecular flexibility index (Phi) is 3.34. The molecular formula is C14H15ClF2N3+. The number of benzene rings is 1. The van der Waals surface area contributed by atoms with Crippen molar-refractivity contribution in [2.24, 2.45) is 0 Å². The molecule has 0 atom stereocenters. The van der Waals surface area contributed by atoms with Crippen LogP contribution in [0.2, 0.25) is 5.15 Å². The Labute approximate surface area is 120 Å². The number of nitrogens with zero attached hydrogens (tertiary/aromatic N) is 3. The smallest absolute Gasteiger partial charge is 0.283 e. The number of hydrogen-bond acceptors (Lipinski definition) is 2. The van der Waals surface area contributed by atoms with Crippen LogP contribution in [0.5, 0.6) is 0 Å². The molecule has 0 N–H and O–H groups in total. The van der Waals surface area contributed by atoms with Crippen molar-refractivity contribution in [3.63, 3.8) is 0 Å². The summed E-state index contributed by atoms with van der Waals surface area (Å²) in [5.41, 5.74) is 1.68. The molecule has 3 nitrogen and oxygen atoms in total. The number of fused-ring (bicyclic) bond motifs is 1. The van der Waals surface area contributed by atoms with Gasteiger partial charge in [-0.15, -0.1) is 0 Å². The molecule has 0 amide bonds. The topological polar surface area (TPSA) is 25.8 Å². The number of halogens is 3. The van der Waals surface area contributed by atoms with Gasteiger partial charge in [-0.3, -0.25) is 0 Å². The number of likely N-dealkylation sites (tertiary alicyclic amines) is 1. The van der Waals surface area contributed by atoms with E-state index in [1.807, 2.05) is 12.1 Å². The average molecular weight is 299 g/mol. The quantitative estimate of drug-likeness (QED) is 0.810. The van der Waals surface area contributed by atoms with E-state index in [2.05, 4.69) is 17.0 Å². The van der Waals surface area contributed by atoms with Crippen LogP contribution < -0.4 is 0 Å². The first kappa shape index (κ1) is 13.6. The third kappa shape index (κ3) is 2.47. The van der Waals surface area contributed by atoms with E-state index >= 15 is 0 Å². The van der Waals surface area contributed by atoms with Gasteiger partial charge in [0.1, 0.15) is 12.2 Å². The fourth-order valence-corrected chi connectivity index (χ4v) is 2.84. The van der Waals surface area contributed by atoms with Crippen molar-refractivity contribution in [3.8, 4) is 0 Å². The number of alkyl halides is 2. The van der Waals surface area contributed by atoms with Gasteiger partial charge in [-0.2, -0.15) is 0 Å². The van der Waals surface area contributed by atoms with Gasteiger partial charge in [0.25, 0.3) is 6.43 Å². The van der Waals surface area contributed by atoms with Crippen molar-refractivity contribution in [1.29, 1.82) is 0 Å². The second kappa shape index (κ2) is 4.90. The van der Waals surface area contributed by atoms with Gasteiger partial charge in [-0.05, 0) is 12.1 Å². The fourth-order valence-electron chi connectivity index (χ4n) is 2.63. The summed E-state index contributed by atoms with van der Waals surface area (Å²) in [5.74, 6) is 0. The minimum atomic E-state index is -2.71. The zero-order chi connectivity index (χ0) is 14.3. The van der Waals surface area contributed by atoms with Crippen LogP contribution in [-0.4, -0.2) is 34.6 Å². The molecule has 2 heterocycles. The maximum atomic E-state index is 12.8. The third-order valence-corrected chi connectivity index (χ3v) is 4.16. The van der Waals surface area contributed by atoms with Crippen molar-refractivity contribution in [2.45, 2.75) is 19.4 Å². The molecule has 106 valence electrons. The Hall–Kier alpha value is -1.33. The van der Waals surface area contributed by atoms with E-state index in [4.69, 9.17) is 11.6 Å². The van der Waals surface area contributed by atoms with Gasteiger partial charge in [-0.25, -0.2) is 18.7 Å². The van der Waals surface area contributed by atoms with Crippen LogP contribution in [0, 0.1) is 0 Å². The highest BCUT2D eigenvalue weighted by Gasteiger charge is 2.30. The lowest BCUT2D eigenvalue weighted by Gasteiger charge is -2.42. The molecule has 0 spiro atoms. The molecule has 1 aromatic heterocycles. The lowest BCUT2D eigenvalue weighted by Crippen LogP contribution is -2.53. The van der Waals surface area contributed by atoms with Gasteiger partial charge in [0, 0.05) is 12.0 Å². The van der Waals surface area contributed by atoms with Crippen LogP contribution in [-0.2, 0) is 6.54 Å². The maximum absolute atomic E-state index is 12.8. The van der Waals surface area contributed by atoms with Gasteiger partial charge in [0.15, 0.2) is 5.15 Å². The Balaban J connectivity index is 1.99. The first-order valence-electron chi connectivity index (χ1n) is 6.55. The van der Waals surface area contributed by atoms with Crippen molar-refractivity contribution in [2.75, 3.05) is 20.1 Å². The molecule has 0 radical (unpaired) electrons. The van der Waals surface area contributed by atoms with Gasteiger partial charge < -0.3 is 4.48 Å². The second-order valence-electron chi connectivity index (χ2n) is 5.60.